The molecule has 0 aromatic carbocycles. The summed E-state index contributed by atoms with van der Waals surface area (Å²) in [6.45, 7) is 3.74. The van der Waals surface area contributed by atoms with Crippen LogP contribution in [0.3, 0.4) is 0 Å². The van der Waals surface area contributed by atoms with Crippen LogP contribution in [0.2, 0.25) is 0 Å². The first-order valence-electron chi connectivity index (χ1n) is 5.32. The van der Waals surface area contributed by atoms with Gasteiger partial charge in [0.1, 0.15) is 12.4 Å². The monoisotopic (exact) mass is 264 g/mol. The summed E-state index contributed by atoms with van der Waals surface area (Å²) >= 11 is 0. The number of hydrogen-bond acceptors (Lipinski definition) is 1. The van der Waals surface area contributed by atoms with Gasteiger partial charge in [-0.25, -0.2) is 4.39 Å². The van der Waals surface area contributed by atoms with Crippen LogP contribution in [0.5, 0.6) is 0 Å². The van der Waals surface area contributed by atoms with Gasteiger partial charge < -0.3 is 4.74 Å². The lowest BCUT2D eigenvalue weighted by Gasteiger charge is -2.04. The number of ether oxygens (including phenoxy) is 1. The summed E-state index contributed by atoms with van der Waals surface area (Å²) in [4.78, 5) is 0. The Morgan fingerprint density at radius 3 is 2.50 bits per heavy atom. The van der Waals surface area contributed by atoms with Gasteiger partial charge >= 0.3 is 6.18 Å². The quantitative estimate of drug-likeness (QED) is 0.285. The molecular weight excluding hydrogens is 248 g/mol. The van der Waals surface area contributed by atoms with Gasteiger partial charge in [0.2, 0.25) is 0 Å². The van der Waals surface area contributed by atoms with Gasteiger partial charge in [0, 0.05) is 0 Å². The molecule has 0 aromatic rings. The lowest BCUT2D eigenvalue weighted by atomic mass is 10.2. The molecule has 1 nitrogen and oxygen atoms in total. The molecule has 0 amide bonds. The molecule has 0 atom stereocenters. The lowest BCUT2D eigenvalue weighted by Crippen LogP contribution is -2.16. The molecule has 0 heterocycles. The topological polar surface area (TPSA) is 9.23 Å². The maximum Gasteiger partial charge on any atom is 0.411 e. The fourth-order valence-electron chi connectivity index (χ4n) is 0.916. The van der Waals surface area contributed by atoms with E-state index in [-0.39, 0.29) is 0 Å². The predicted molar refractivity (Wildman–Crippen MR) is 63.8 cm³/mol. The summed E-state index contributed by atoms with van der Waals surface area (Å²) < 4.78 is 52.3. The molecule has 0 N–H and O–H groups in total. The van der Waals surface area contributed by atoms with Crippen molar-refractivity contribution in [2.75, 3.05) is 13.2 Å². The average molecular weight is 264 g/mol. The van der Waals surface area contributed by atoms with Crippen molar-refractivity contribution < 1.29 is 22.3 Å². The Balaban J connectivity index is 3.97. The standard InChI is InChI=1S/C13H16F4O/c1-3-4-5-11(2)6-7-12(14)8-9-18-10-13(15,16)17/h3-4,6-8H,2,5,9-10H2,1H3/b4-3-,7-6-,12-8+. The molecule has 0 spiro atoms. The van der Waals surface area contributed by atoms with Gasteiger partial charge in [-0.1, -0.05) is 30.4 Å². The first-order valence-corrected chi connectivity index (χ1v) is 5.32. The molecule has 102 valence electrons. The van der Waals surface area contributed by atoms with Gasteiger partial charge in [-0.05, 0) is 25.5 Å². The van der Waals surface area contributed by atoms with Crippen molar-refractivity contribution >= 4 is 0 Å². The zero-order valence-corrected chi connectivity index (χ0v) is 10.1. The minimum absolute atomic E-state index is 0.420. The van der Waals surface area contributed by atoms with Crippen LogP contribution in [-0.4, -0.2) is 19.4 Å². The van der Waals surface area contributed by atoms with Gasteiger partial charge in [-0.2, -0.15) is 13.2 Å². The molecule has 0 bridgehead atoms. The van der Waals surface area contributed by atoms with Crippen LogP contribution in [0.4, 0.5) is 17.6 Å². The van der Waals surface area contributed by atoms with Crippen molar-refractivity contribution in [1.82, 2.24) is 0 Å². The largest absolute Gasteiger partial charge is 0.411 e. The van der Waals surface area contributed by atoms with Gasteiger partial charge in [0.15, 0.2) is 0 Å². The molecule has 0 fully saturated rings. The van der Waals surface area contributed by atoms with E-state index in [2.05, 4.69) is 11.3 Å². The third-order valence-electron chi connectivity index (χ3n) is 1.76. The normalized spacial score (nSPS) is 13.7. The van der Waals surface area contributed by atoms with Gasteiger partial charge in [0.25, 0.3) is 0 Å². The second-order valence-electron chi connectivity index (χ2n) is 3.48. The molecule has 0 aliphatic heterocycles. The van der Waals surface area contributed by atoms with Crippen molar-refractivity contribution in [2.45, 2.75) is 19.5 Å². The molecule has 0 aliphatic carbocycles. The summed E-state index contributed by atoms with van der Waals surface area (Å²) in [5.74, 6) is -0.654. The van der Waals surface area contributed by atoms with Crippen molar-refractivity contribution in [1.29, 1.82) is 0 Å². The number of rotatable bonds is 7. The highest BCUT2D eigenvalue weighted by Crippen LogP contribution is 2.14. The van der Waals surface area contributed by atoms with Crippen LogP contribution in [0.1, 0.15) is 13.3 Å². The maximum absolute atomic E-state index is 13.1. The fourth-order valence-corrected chi connectivity index (χ4v) is 0.916. The van der Waals surface area contributed by atoms with Crippen LogP contribution in [-0.2, 0) is 4.74 Å². The lowest BCUT2D eigenvalue weighted by molar-refractivity contribution is -0.171. The van der Waals surface area contributed by atoms with Crippen molar-refractivity contribution in [3.05, 3.63) is 48.4 Å². The van der Waals surface area contributed by atoms with E-state index in [1.807, 2.05) is 19.1 Å². The Labute approximate surface area is 104 Å². The van der Waals surface area contributed by atoms with Gasteiger partial charge in [-0.15, -0.1) is 0 Å². The summed E-state index contributed by atoms with van der Waals surface area (Å²) in [7, 11) is 0. The summed E-state index contributed by atoms with van der Waals surface area (Å²) in [5, 5.41) is 0. The zero-order valence-electron chi connectivity index (χ0n) is 10.1. The molecule has 0 saturated heterocycles. The smallest absolute Gasteiger partial charge is 0.368 e. The second kappa shape index (κ2) is 8.69. The maximum atomic E-state index is 13.1. The highest BCUT2D eigenvalue weighted by Gasteiger charge is 2.26. The van der Waals surface area contributed by atoms with E-state index in [9.17, 15) is 17.6 Å². The SMILES string of the molecule is C=C(/C=C\C(F)=C/COCC(F)(F)F)C/C=C\C. The predicted octanol–water partition coefficient (Wildman–Crippen LogP) is 4.50. The second-order valence-corrected chi connectivity index (χ2v) is 3.48. The first-order chi connectivity index (χ1) is 8.35. The van der Waals surface area contributed by atoms with Gasteiger partial charge in [-0.3, -0.25) is 0 Å². The molecule has 0 unspecified atom stereocenters. The molecule has 0 aromatic heterocycles. The fraction of sp³-hybridized carbons (Fsp3) is 0.385. The Kier molecular flexibility index (Phi) is 8.03. The van der Waals surface area contributed by atoms with Crippen molar-refractivity contribution in [2.24, 2.45) is 0 Å². The molecule has 0 aliphatic rings. The minimum atomic E-state index is -4.39. The minimum Gasteiger partial charge on any atom is -0.368 e. The highest BCUT2D eigenvalue weighted by molar-refractivity contribution is 5.24. The Bertz CT molecular complexity index is 337. The van der Waals surface area contributed by atoms with E-state index in [1.54, 1.807) is 0 Å². The van der Waals surface area contributed by atoms with E-state index in [0.29, 0.717) is 12.0 Å². The molecule has 0 saturated carbocycles. The zero-order chi connectivity index (χ0) is 14.0. The Hall–Kier alpha value is -1.36. The number of halogens is 4. The van der Waals surface area contributed by atoms with E-state index >= 15 is 0 Å². The third-order valence-corrected chi connectivity index (χ3v) is 1.76. The van der Waals surface area contributed by atoms with Crippen LogP contribution in [0.25, 0.3) is 0 Å². The summed E-state index contributed by atoms with van der Waals surface area (Å²) in [6, 6.07) is 0. The van der Waals surface area contributed by atoms with E-state index in [1.165, 1.54) is 6.08 Å². The number of alkyl halides is 3. The van der Waals surface area contributed by atoms with E-state index < -0.39 is 25.2 Å². The van der Waals surface area contributed by atoms with E-state index in [0.717, 1.165) is 12.2 Å². The summed E-state index contributed by atoms with van der Waals surface area (Å²) in [6.07, 6.45) is 3.46. The van der Waals surface area contributed by atoms with Crippen molar-refractivity contribution in [3.8, 4) is 0 Å². The van der Waals surface area contributed by atoms with E-state index in [4.69, 9.17) is 0 Å². The number of hydrogen-bond donors (Lipinski definition) is 0. The molecule has 0 rings (SSSR count). The Morgan fingerprint density at radius 2 is 1.94 bits per heavy atom. The molecule has 5 heteroatoms. The Morgan fingerprint density at radius 1 is 1.28 bits per heavy atom. The third kappa shape index (κ3) is 11.1. The molecule has 0 radical (unpaired) electrons. The average Bonchev–Trinajstić information content (AvgIpc) is 2.28. The molecular formula is C13H16F4O. The number of allylic oxidation sites excluding steroid dienone is 6. The van der Waals surface area contributed by atoms with Crippen LogP contribution in [0.15, 0.2) is 48.4 Å². The van der Waals surface area contributed by atoms with Gasteiger partial charge in [0.05, 0.1) is 6.61 Å². The highest BCUT2D eigenvalue weighted by atomic mass is 19.4. The van der Waals surface area contributed by atoms with Crippen LogP contribution < -0.4 is 0 Å². The molecule has 18 heavy (non-hydrogen) atoms. The van der Waals surface area contributed by atoms with Crippen LogP contribution >= 0.6 is 0 Å². The van der Waals surface area contributed by atoms with Crippen molar-refractivity contribution in [3.63, 3.8) is 0 Å². The first kappa shape index (κ1) is 16.6. The van der Waals surface area contributed by atoms with Crippen LogP contribution in [0, 0.1) is 0 Å². The summed E-state index contributed by atoms with van der Waals surface area (Å²) in [5.41, 5.74) is 0.702.